The standard InChI is InChI=1S/C23H23N3O2/c1-17(12-13-18-7-3-2-4-8-18)25-22(27)19-9-5-11-21(15-19)26-23(28)20-10-6-14-24-16-20/h2-11,14-17H,12-13H2,1H3,(H,25,27)(H,26,28)/t17-/m0/s1. The summed E-state index contributed by atoms with van der Waals surface area (Å²) in [5.74, 6) is -0.417. The largest absolute Gasteiger partial charge is 0.350 e. The van der Waals surface area contributed by atoms with Crippen molar-refractivity contribution < 1.29 is 9.59 Å². The van der Waals surface area contributed by atoms with Gasteiger partial charge in [-0.15, -0.1) is 0 Å². The fourth-order valence-corrected chi connectivity index (χ4v) is 2.85. The lowest BCUT2D eigenvalue weighted by atomic mass is 10.1. The van der Waals surface area contributed by atoms with Gasteiger partial charge in [0.25, 0.3) is 11.8 Å². The molecule has 1 atom stereocenters. The van der Waals surface area contributed by atoms with Gasteiger partial charge >= 0.3 is 0 Å². The van der Waals surface area contributed by atoms with E-state index in [0.717, 1.165) is 12.8 Å². The second kappa shape index (κ2) is 9.46. The van der Waals surface area contributed by atoms with Crippen LogP contribution in [0.15, 0.2) is 79.1 Å². The van der Waals surface area contributed by atoms with E-state index in [1.165, 1.54) is 11.8 Å². The molecule has 2 amide bonds. The van der Waals surface area contributed by atoms with Crippen LogP contribution in [0.5, 0.6) is 0 Å². The Hall–Kier alpha value is -3.47. The van der Waals surface area contributed by atoms with Gasteiger partial charge in [0.1, 0.15) is 0 Å². The third kappa shape index (κ3) is 5.51. The molecule has 2 N–H and O–H groups in total. The number of anilines is 1. The molecule has 0 radical (unpaired) electrons. The van der Waals surface area contributed by atoms with Gasteiger partial charge in [0.05, 0.1) is 5.56 Å². The molecule has 1 aromatic heterocycles. The molecule has 2 aromatic carbocycles. The van der Waals surface area contributed by atoms with Crippen LogP contribution in [-0.4, -0.2) is 22.8 Å². The van der Waals surface area contributed by atoms with Crippen LogP contribution in [0.1, 0.15) is 39.6 Å². The summed E-state index contributed by atoms with van der Waals surface area (Å²) >= 11 is 0. The van der Waals surface area contributed by atoms with E-state index in [-0.39, 0.29) is 17.9 Å². The van der Waals surface area contributed by atoms with Crippen molar-refractivity contribution in [3.05, 3.63) is 95.8 Å². The predicted octanol–water partition coefficient (Wildman–Crippen LogP) is 4.09. The maximum absolute atomic E-state index is 12.5. The summed E-state index contributed by atoms with van der Waals surface area (Å²) < 4.78 is 0. The SMILES string of the molecule is C[C@@H](CCc1ccccc1)NC(=O)c1cccc(NC(=O)c2cccnc2)c1. The molecule has 0 aliphatic carbocycles. The number of rotatable bonds is 7. The highest BCUT2D eigenvalue weighted by Crippen LogP contribution is 2.13. The van der Waals surface area contributed by atoms with Gasteiger partial charge in [0.15, 0.2) is 0 Å². The molecule has 0 saturated heterocycles. The summed E-state index contributed by atoms with van der Waals surface area (Å²) in [6.07, 6.45) is 4.87. The second-order valence-corrected chi connectivity index (χ2v) is 6.68. The number of aromatic nitrogens is 1. The summed E-state index contributed by atoms with van der Waals surface area (Å²) in [5, 5.41) is 5.81. The minimum Gasteiger partial charge on any atom is -0.350 e. The van der Waals surface area contributed by atoms with E-state index in [4.69, 9.17) is 0 Å². The maximum atomic E-state index is 12.5. The Balaban J connectivity index is 1.56. The number of hydrogen-bond donors (Lipinski definition) is 2. The van der Waals surface area contributed by atoms with Crippen molar-refractivity contribution >= 4 is 17.5 Å². The number of hydrogen-bond acceptors (Lipinski definition) is 3. The van der Waals surface area contributed by atoms with Crippen LogP contribution in [0.3, 0.4) is 0 Å². The van der Waals surface area contributed by atoms with Gasteiger partial charge in [-0.3, -0.25) is 14.6 Å². The molecule has 0 spiro atoms. The molecule has 5 nitrogen and oxygen atoms in total. The first kappa shape index (κ1) is 19.3. The lowest BCUT2D eigenvalue weighted by Gasteiger charge is -2.14. The highest BCUT2D eigenvalue weighted by atomic mass is 16.2. The summed E-state index contributed by atoms with van der Waals surface area (Å²) in [6, 6.07) is 20.6. The zero-order chi connectivity index (χ0) is 19.8. The van der Waals surface area contributed by atoms with Crippen LogP contribution < -0.4 is 10.6 Å². The topological polar surface area (TPSA) is 71.1 Å². The quantitative estimate of drug-likeness (QED) is 0.655. The lowest BCUT2D eigenvalue weighted by molar-refractivity contribution is 0.0937. The van der Waals surface area contributed by atoms with Crippen LogP contribution in [0.25, 0.3) is 0 Å². The molecule has 1 heterocycles. The van der Waals surface area contributed by atoms with Crippen molar-refractivity contribution in [2.45, 2.75) is 25.8 Å². The summed E-state index contributed by atoms with van der Waals surface area (Å²) in [6.45, 7) is 1.99. The van der Waals surface area contributed by atoms with Gasteiger partial charge in [-0.05, 0) is 55.7 Å². The smallest absolute Gasteiger partial charge is 0.257 e. The van der Waals surface area contributed by atoms with Crippen LogP contribution >= 0.6 is 0 Å². The molecule has 0 fully saturated rings. The third-order valence-corrected chi connectivity index (χ3v) is 4.39. The minimum absolute atomic E-state index is 0.0429. The van der Waals surface area contributed by atoms with Crippen LogP contribution in [0, 0.1) is 0 Å². The number of benzene rings is 2. The first-order valence-corrected chi connectivity index (χ1v) is 9.28. The fraction of sp³-hybridized carbons (Fsp3) is 0.174. The Kier molecular flexibility index (Phi) is 6.52. The molecule has 0 bridgehead atoms. The van der Waals surface area contributed by atoms with Crippen LogP contribution in [-0.2, 0) is 6.42 Å². The van der Waals surface area contributed by atoms with Crippen LogP contribution in [0.4, 0.5) is 5.69 Å². The molecule has 3 aromatic rings. The van der Waals surface area contributed by atoms with E-state index >= 15 is 0 Å². The molecule has 28 heavy (non-hydrogen) atoms. The average molecular weight is 373 g/mol. The van der Waals surface area contributed by atoms with E-state index in [2.05, 4.69) is 27.8 Å². The predicted molar refractivity (Wildman–Crippen MR) is 110 cm³/mol. The monoisotopic (exact) mass is 373 g/mol. The molecule has 5 heteroatoms. The normalized spacial score (nSPS) is 11.5. The van der Waals surface area contributed by atoms with E-state index < -0.39 is 0 Å². The Morgan fingerprint density at radius 3 is 2.46 bits per heavy atom. The minimum atomic E-state index is -0.262. The van der Waals surface area contributed by atoms with Crippen molar-refractivity contribution in [1.82, 2.24) is 10.3 Å². The third-order valence-electron chi connectivity index (χ3n) is 4.39. The Labute approximate surface area is 164 Å². The number of nitrogens with one attached hydrogen (secondary N) is 2. The molecule has 3 rings (SSSR count). The van der Waals surface area contributed by atoms with E-state index in [9.17, 15) is 9.59 Å². The molecule has 0 saturated carbocycles. The Bertz CT molecular complexity index is 927. The first-order chi connectivity index (χ1) is 13.6. The first-order valence-electron chi connectivity index (χ1n) is 9.28. The van der Waals surface area contributed by atoms with Gasteiger partial charge in [-0.25, -0.2) is 0 Å². The molecule has 0 aliphatic heterocycles. The number of amides is 2. The number of pyridine rings is 1. The highest BCUT2D eigenvalue weighted by Gasteiger charge is 2.12. The van der Waals surface area contributed by atoms with Crippen molar-refractivity contribution in [2.75, 3.05) is 5.32 Å². The summed E-state index contributed by atoms with van der Waals surface area (Å²) in [5.41, 5.74) is 2.80. The van der Waals surface area contributed by atoms with Gasteiger partial charge in [-0.1, -0.05) is 36.4 Å². The fourth-order valence-electron chi connectivity index (χ4n) is 2.85. The van der Waals surface area contributed by atoms with Gasteiger partial charge in [0, 0.05) is 29.7 Å². The van der Waals surface area contributed by atoms with Crippen molar-refractivity contribution in [3.8, 4) is 0 Å². The van der Waals surface area contributed by atoms with Gasteiger partial charge < -0.3 is 10.6 Å². The van der Waals surface area contributed by atoms with Crippen molar-refractivity contribution in [3.63, 3.8) is 0 Å². The Morgan fingerprint density at radius 1 is 0.929 bits per heavy atom. The number of carbonyl (C=O) groups excluding carboxylic acids is 2. The van der Waals surface area contributed by atoms with Crippen molar-refractivity contribution in [2.24, 2.45) is 0 Å². The number of nitrogens with zero attached hydrogens (tertiary/aromatic N) is 1. The van der Waals surface area contributed by atoms with Crippen LogP contribution in [0.2, 0.25) is 0 Å². The lowest BCUT2D eigenvalue weighted by Crippen LogP contribution is -2.32. The zero-order valence-corrected chi connectivity index (χ0v) is 15.8. The highest BCUT2D eigenvalue weighted by molar-refractivity contribution is 6.04. The van der Waals surface area contributed by atoms with Crippen molar-refractivity contribution in [1.29, 1.82) is 0 Å². The van der Waals surface area contributed by atoms with Gasteiger partial charge in [-0.2, -0.15) is 0 Å². The molecular formula is C23H23N3O2. The van der Waals surface area contributed by atoms with E-state index in [0.29, 0.717) is 16.8 Å². The second-order valence-electron chi connectivity index (χ2n) is 6.68. The summed E-state index contributed by atoms with van der Waals surface area (Å²) in [4.78, 5) is 28.7. The van der Waals surface area contributed by atoms with E-state index in [1.54, 1.807) is 42.6 Å². The number of aryl methyl sites for hydroxylation is 1. The summed E-state index contributed by atoms with van der Waals surface area (Å²) in [7, 11) is 0. The van der Waals surface area contributed by atoms with Gasteiger partial charge in [0.2, 0.25) is 0 Å². The number of carbonyl (C=O) groups is 2. The van der Waals surface area contributed by atoms with E-state index in [1.807, 2.05) is 25.1 Å². The molecule has 0 aliphatic rings. The molecule has 0 unspecified atom stereocenters. The maximum Gasteiger partial charge on any atom is 0.257 e. The molecule has 142 valence electrons. The zero-order valence-electron chi connectivity index (χ0n) is 15.8. The Morgan fingerprint density at radius 2 is 1.71 bits per heavy atom. The average Bonchev–Trinajstić information content (AvgIpc) is 2.74. The molecular weight excluding hydrogens is 350 g/mol.